The highest BCUT2D eigenvalue weighted by Gasteiger charge is 2.28. The fourth-order valence-electron chi connectivity index (χ4n) is 4.38. The average molecular weight is 683 g/mol. The number of carbonyl (C=O) groups excluding carboxylic acids is 6. The lowest BCUT2D eigenvalue weighted by Gasteiger charge is -2.19. The summed E-state index contributed by atoms with van der Waals surface area (Å²) in [5.74, 6) is -4.03. The minimum Gasteiger partial charge on any atom is -0.428 e. The first kappa shape index (κ1) is 36.5. The summed E-state index contributed by atoms with van der Waals surface area (Å²) in [5.41, 5.74) is -2.64. The number of rotatable bonds is 8. The third-order valence-electron chi connectivity index (χ3n) is 6.41. The van der Waals surface area contributed by atoms with Crippen LogP contribution in [-0.4, -0.2) is 47.0 Å². The lowest BCUT2D eigenvalue weighted by molar-refractivity contribution is -0.187. The molecule has 0 aliphatic rings. The standard InChI is InChI=1S/C38H34O12/c1-37(2,3)47-35(43)45-29-21-13-11-19-27(29)31(39)23-15-7-9-17-25(23)33(41)49-50-34(42)26-18-10-8-16-24(26)32(40)28-20-12-14-22-30(28)46-36(44)48-38(4,5)6/h7-22H,1-6H3. The Bertz CT molecular complexity index is 1800. The molecule has 0 spiro atoms. The Morgan fingerprint density at radius 1 is 0.400 bits per heavy atom. The van der Waals surface area contributed by atoms with Crippen molar-refractivity contribution in [1.29, 1.82) is 0 Å². The largest absolute Gasteiger partial charge is 0.514 e. The molecule has 12 nitrogen and oxygen atoms in total. The number of ether oxygens (including phenoxy) is 4. The van der Waals surface area contributed by atoms with Gasteiger partial charge in [-0.05, 0) is 77.9 Å². The van der Waals surface area contributed by atoms with Gasteiger partial charge in [0, 0.05) is 11.1 Å². The Labute approximate surface area is 287 Å². The van der Waals surface area contributed by atoms with Crippen molar-refractivity contribution in [3.63, 3.8) is 0 Å². The molecule has 4 rings (SSSR count). The number of para-hydroxylation sites is 2. The van der Waals surface area contributed by atoms with Crippen LogP contribution in [0, 0.1) is 0 Å². The van der Waals surface area contributed by atoms with Crippen molar-refractivity contribution in [1.82, 2.24) is 0 Å². The van der Waals surface area contributed by atoms with Crippen LogP contribution in [0.4, 0.5) is 9.59 Å². The van der Waals surface area contributed by atoms with Crippen molar-refractivity contribution in [3.8, 4) is 11.5 Å². The number of ketones is 2. The van der Waals surface area contributed by atoms with Gasteiger partial charge in [0.2, 0.25) is 0 Å². The topological polar surface area (TPSA) is 158 Å². The maximum Gasteiger partial charge on any atom is 0.514 e. The molecular weight excluding hydrogens is 648 g/mol. The highest BCUT2D eigenvalue weighted by Crippen LogP contribution is 2.27. The monoisotopic (exact) mass is 682 g/mol. The van der Waals surface area contributed by atoms with Crippen molar-refractivity contribution in [3.05, 3.63) is 130 Å². The second kappa shape index (κ2) is 15.3. The summed E-state index contributed by atoms with van der Waals surface area (Å²) < 4.78 is 20.9. The molecule has 0 radical (unpaired) electrons. The first-order valence-corrected chi connectivity index (χ1v) is 15.2. The zero-order chi connectivity index (χ0) is 36.6. The van der Waals surface area contributed by atoms with Crippen molar-refractivity contribution in [2.45, 2.75) is 52.7 Å². The van der Waals surface area contributed by atoms with Gasteiger partial charge in [-0.2, -0.15) is 0 Å². The van der Waals surface area contributed by atoms with Crippen molar-refractivity contribution in [2.75, 3.05) is 0 Å². The van der Waals surface area contributed by atoms with Gasteiger partial charge in [-0.25, -0.2) is 29.0 Å². The molecule has 0 bridgehead atoms. The Morgan fingerprint density at radius 2 is 0.680 bits per heavy atom. The third-order valence-corrected chi connectivity index (χ3v) is 6.41. The molecule has 4 aromatic rings. The molecule has 0 fully saturated rings. The lowest BCUT2D eigenvalue weighted by Crippen LogP contribution is -2.26. The highest BCUT2D eigenvalue weighted by molar-refractivity contribution is 6.17. The summed E-state index contributed by atoms with van der Waals surface area (Å²) in [6.45, 7) is 9.91. The summed E-state index contributed by atoms with van der Waals surface area (Å²) in [5, 5.41) is 0. The van der Waals surface area contributed by atoms with Gasteiger partial charge in [0.25, 0.3) is 0 Å². The van der Waals surface area contributed by atoms with E-state index < -0.39 is 47.0 Å². The van der Waals surface area contributed by atoms with Gasteiger partial charge < -0.3 is 18.9 Å². The van der Waals surface area contributed by atoms with E-state index in [2.05, 4.69) is 0 Å². The van der Waals surface area contributed by atoms with E-state index in [0.717, 1.165) is 0 Å². The van der Waals surface area contributed by atoms with Gasteiger partial charge in [-0.1, -0.05) is 60.7 Å². The molecule has 0 aliphatic heterocycles. The van der Waals surface area contributed by atoms with Gasteiger partial charge in [0.1, 0.15) is 22.7 Å². The smallest absolute Gasteiger partial charge is 0.428 e. The van der Waals surface area contributed by atoms with Gasteiger partial charge in [0.15, 0.2) is 11.6 Å². The van der Waals surface area contributed by atoms with Gasteiger partial charge in [0.05, 0.1) is 22.3 Å². The van der Waals surface area contributed by atoms with Crippen LogP contribution in [-0.2, 0) is 19.2 Å². The Hall–Kier alpha value is -6.30. The summed E-state index contributed by atoms with van der Waals surface area (Å²) in [4.78, 5) is 87.8. The molecule has 0 aliphatic carbocycles. The van der Waals surface area contributed by atoms with Gasteiger partial charge >= 0.3 is 24.2 Å². The third kappa shape index (κ3) is 9.63. The fraction of sp³-hybridized carbons (Fsp3) is 0.211. The average Bonchev–Trinajstić information content (AvgIpc) is 3.05. The molecule has 0 unspecified atom stereocenters. The molecule has 0 atom stereocenters. The van der Waals surface area contributed by atoms with Crippen LogP contribution < -0.4 is 9.47 Å². The number of hydrogen-bond donors (Lipinski definition) is 0. The molecule has 0 aromatic heterocycles. The minimum absolute atomic E-state index is 0.0565. The lowest BCUT2D eigenvalue weighted by atomic mass is 9.97. The van der Waals surface area contributed by atoms with E-state index in [1.807, 2.05) is 0 Å². The van der Waals surface area contributed by atoms with Crippen LogP contribution in [0.3, 0.4) is 0 Å². The van der Waals surface area contributed by atoms with Crippen LogP contribution in [0.1, 0.15) is 94.1 Å². The molecule has 50 heavy (non-hydrogen) atoms. The number of carbonyl (C=O) groups is 6. The molecule has 4 aromatic carbocycles. The summed E-state index contributed by atoms with van der Waals surface area (Å²) in [7, 11) is 0. The van der Waals surface area contributed by atoms with E-state index in [1.54, 1.807) is 65.8 Å². The van der Waals surface area contributed by atoms with Crippen LogP contribution in [0.5, 0.6) is 11.5 Å². The molecule has 258 valence electrons. The van der Waals surface area contributed by atoms with Crippen LogP contribution in [0.25, 0.3) is 0 Å². The summed E-state index contributed by atoms with van der Waals surface area (Å²) in [6, 6.07) is 22.9. The van der Waals surface area contributed by atoms with Crippen LogP contribution in [0.15, 0.2) is 97.1 Å². The normalized spacial score (nSPS) is 11.1. The minimum atomic E-state index is -1.20. The summed E-state index contributed by atoms with van der Waals surface area (Å²) in [6.07, 6.45) is -2.06. The zero-order valence-corrected chi connectivity index (χ0v) is 28.1. The van der Waals surface area contributed by atoms with Crippen molar-refractivity contribution < 1.29 is 57.5 Å². The van der Waals surface area contributed by atoms with Crippen molar-refractivity contribution >= 4 is 35.8 Å². The first-order valence-electron chi connectivity index (χ1n) is 15.2. The maximum atomic E-state index is 13.6. The number of benzene rings is 4. The molecule has 0 saturated heterocycles. The van der Waals surface area contributed by atoms with Crippen LogP contribution in [0.2, 0.25) is 0 Å². The molecule has 0 amide bonds. The maximum absolute atomic E-state index is 13.6. The van der Waals surface area contributed by atoms with E-state index in [-0.39, 0.29) is 44.9 Å². The van der Waals surface area contributed by atoms with Crippen molar-refractivity contribution in [2.24, 2.45) is 0 Å². The molecular formula is C38H34O12. The Balaban J connectivity index is 1.52. The van der Waals surface area contributed by atoms with E-state index in [1.165, 1.54) is 72.8 Å². The summed E-state index contributed by atoms with van der Waals surface area (Å²) >= 11 is 0. The van der Waals surface area contributed by atoms with E-state index in [0.29, 0.717) is 0 Å². The Morgan fingerprint density at radius 3 is 1.00 bits per heavy atom. The predicted molar refractivity (Wildman–Crippen MR) is 177 cm³/mol. The Kier molecular flexibility index (Phi) is 11.2. The second-order valence-corrected chi connectivity index (χ2v) is 12.6. The fourth-order valence-corrected chi connectivity index (χ4v) is 4.38. The molecule has 12 heteroatoms. The molecule has 0 saturated carbocycles. The number of hydrogen-bond acceptors (Lipinski definition) is 12. The first-order chi connectivity index (χ1) is 23.5. The van der Waals surface area contributed by atoms with Crippen LogP contribution >= 0.6 is 0 Å². The van der Waals surface area contributed by atoms with E-state index in [4.69, 9.17) is 28.7 Å². The molecule has 0 N–H and O–H groups in total. The SMILES string of the molecule is CC(C)(C)OC(=O)Oc1ccccc1C(=O)c1ccccc1C(=O)OOC(=O)c1ccccc1C(=O)c1ccccc1OC(=O)OC(C)(C)C. The molecule has 0 heterocycles. The van der Waals surface area contributed by atoms with Gasteiger partial charge in [-0.15, -0.1) is 0 Å². The second-order valence-electron chi connectivity index (χ2n) is 12.6. The van der Waals surface area contributed by atoms with Gasteiger partial charge in [-0.3, -0.25) is 9.59 Å². The predicted octanol–water partition coefficient (Wildman–Crippen LogP) is 7.71. The van der Waals surface area contributed by atoms with E-state index >= 15 is 0 Å². The zero-order valence-electron chi connectivity index (χ0n) is 28.1. The highest BCUT2D eigenvalue weighted by atomic mass is 17.2. The van der Waals surface area contributed by atoms with E-state index in [9.17, 15) is 28.8 Å². The quantitative estimate of drug-likeness (QED) is 0.0587.